The Hall–Kier alpha value is -3.32. The van der Waals surface area contributed by atoms with Gasteiger partial charge in [0.05, 0.1) is 49.3 Å². The van der Waals surface area contributed by atoms with Crippen LogP contribution >= 0.6 is 11.6 Å². The van der Waals surface area contributed by atoms with Crippen LogP contribution in [0.15, 0.2) is 48.7 Å². The summed E-state index contributed by atoms with van der Waals surface area (Å²) in [6, 6.07) is 12.9. The maximum Gasteiger partial charge on any atom is 0.229 e. The summed E-state index contributed by atoms with van der Waals surface area (Å²) in [5.41, 5.74) is 2.67. The van der Waals surface area contributed by atoms with Gasteiger partial charge >= 0.3 is 0 Å². The van der Waals surface area contributed by atoms with Gasteiger partial charge in [0.15, 0.2) is 5.82 Å². The summed E-state index contributed by atoms with van der Waals surface area (Å²) in [4.78, 5) is 11.2. The largest absolute Gasteiger partial charge is 0.494 e. The number of sulfonamides is 1. The number of morpholine rings is 1. The lowest BCUT2D eigenvalue weighted by Crippen LogP contribution is -2.46. The van der Waals surface area contributed by atoms with Gasteiger partial charge in [-0.1, -0.05) is 23.7 Å². The van der Waals surface area contributed by atoms with Crippen LogP contribution in [0.2, 0.25) is 5.02 Å². The first kappa shape index (κ1) is 28.2. The molecular formula is C27H34ClN7O4S. The Morgan fingerprint density at radius 3 is 2.58 bits per heavy atom. The Kier molecular flexibility index (Phi) is 8.79. The Labute approximate surface area is 239 Å². The van der Waals surface area contributed by atoms with Gasteiger partial charge in [-0.3, -0.25) is 4.72 Å². The van der Waals surface area contributed by atoms with Crippen molar-refractivity contribution in [3.8, 4) is 5.75 Å². The predicted octanol–water partition coefficient (Wildman–Crippen LogP) is 4.20. The number of nitrogens with zero attached hydrogens (tertiary/aromatic N) is 3. The first-order chi connectivity index (χ1) is 19.3. The monoisotopic (exact) mass is 587 g/mol. The Morgan fingerprint density at radius 2 is 1.88 bits per heavy atom. The molecule has 1 unspecified atom stereocenters. The zero-order chi connectivity index (χ0) is 28.1. The number of para-hydroxylation sites is 2. The summed E-state index contributed by atoms with van der Waals surface area (Å²) in [6.07, 6.45) is 5.05. The fourth-order valence-electron chi connectivity index (χ4n) is 5.04. The van der Waals surface area contributed by atoms with Crippen molar-refractivity contribution < 1.29 is 17.9 Å². The van der Waals surface area contributed by atoms with Crippen LogP contribution in [0.1, 0.15) is 12.8 Å². The minimum Gasteiger partial charge on any atom is -0.494 e. The van der Waals surface area contributed by atoms with E-state index in [4.69, 9.17) is 21.1 Å². The van der Waals surface area contributed by atoms with E-state index in [1.807, 2.05) is 12.1 Å². The fourth-order valence-corrected chi connectivity index (χ4v) is 5.76. The topological polar surface area (TPSA) is 130 Å². The van der Waals surface area contributed by atoms with Crippen LogP contribution in [-0.2, 0) is 14.8 Å². The third-order valence-electron chi connectivity index (χ3n) is 7.04. The first-order valence-electron chi connectivity index (χ1n) is 13.2. The smallest absolute Gasteiger partial charge is 0.229 e. The molecule has 0 saturated carbocycles. The highest BCUT2D eigenvalue weighted by Gasteiger charge is 2.28. The van der Waals surface area contributed by atoms with Crippen molar-refractivity contribution in [2.75, 3.05) is 66.4 Å². The van der Waals surface area contributed by atoms with Crippen LogP contribution in [-0.4, -0.2) is 70.6 Å². The quantitative estimate of drug-likeness (QED) is 0.289. The van der Waals surface area contributed by atoms with E-state index in [9.17, 15) is 8.42 Å². The van der Waals surface area contributed by atoms with Crippen LogP contribution in [0.3, 0.4) is 0 Å². The van der Waals surface area contributed by atoms with Crippen LogP contribution in [0, 0.1) is 5.92 Å². The van der Waals surface area contributed by atoms with E-state index in [-0.39, 0.29) is 5.02 Å². The molecule has 0 aliphatic carbocycles. The summed E-state index contributed by atoms with van der Waals surface area (Å²) < 4.78 is 37.7. The lowest BCUT2D eigenvalue weighted by atomic mass is 9.90. The van der Waals surface area contributed by atoms with E-state index in [2.05, 4.69) is 41.6 Å². The number of benzene rings is 2. The standard InChI is InChI=1S/C27H34ClN7O4S/c1-38-24-15-19(35-12-9-18(10-13-35)25-17-29-11-14-39-25)7-8-23(24)32-27-30-16-20(28)26(33-27)31-21-5-3-4-6-22(21)34-40(2,36)37/h3-8,15-16,18,25,29,34H,9-14,17H2,1-2H3,(H2,30,31,32,33). The number of nitrogens with one attached hydrogen (secondary N) is 4. The number of hydrogen-bond donors (Lipinski definition) is 4. The molecule has 1 atom stereocenters. The molecule has 2 saturated heterocycles. The van der Waals surface area contributed by atoms with Crippen LogP contribution < -0.4 is 30.3 Å². The molecule has 2 aliphatic heterocycles. The Morgan fingerprint density at radius 1 is 1.10 bits per heavy atom. The molecule has 0 amide bonds. The predicted molar refractivity (Wildman–Crippen MR) is 159 cm³/mol. The molecule has 3 aromatic rings. The normalized spacial score (nSPS) is 18.3. The third-order valence-corrected chi connectivity index (χ3v) is 7.91. The molecule has 0 bridgehead atoms. The van der Waals surface area contributed by atoms with Gasteiger partial charge in [-0.25, -0.2) is 13.4 Å². The lowest BCUT2D eigenvalue weighted by Gasteiger charge is -2.38. The molecule has 2 fully saturated rings. The molecule has 0 radical (unpaired) electrons. The number of rotatable bonds is 9. The third kappa shape index (κ3) is 7.05. The number of methoxy groups -OCH3 is 1. The molecule has 214 valence electrons. The molecule has 2 aromatic carbocycles. The number of hydrogen-bond acceptors (Lipinski definition) is 10. The van der Waals surface area contributed by atoms with Gasteiger partial charge in [-0.05, 0) is 43.0 Å². The first-order valence-corrected chi connectivity index (χ1v) is 15.4. The molecule has 2 aliphatic rings. The van der Waals surface area contributed by atoms with Crippen LogP contribution in [0.4, 0.5) is 34.5 Å². The zero-order valence-electron chi connectivity index (χ0n) is 22.5. The summed E-state index contributed by atoms with van der Waals surface area (Å²) in [5, 5.41) is 10.0. The van der Waals surface area contributed by atoms with Crippen molar-refractivity contribution in [3.63, 3.8) is 0 Å². The van der Waals surface area contributed by atoms with E-state index in [1.165, 1.54) is 6.20 Å². The minimum atomic E-state index is -3.47. The number of piperidine rings is 1. The van der Waals surface area contributed by atoms with Crippen LogP contribution in [0.5, 0.6) is 5.75 Å². The SMILES string of the molecule is COc1cc(N2CCC(C3CNCCO3)CC2)ccc1Nc1ncc(Cl)c(Nc2ccccc2NS(C)(=O)=O)n1. The van der Waals surface area contributed by atoms with Gasteiger partial charge < -0.3 is 30.3 Å². The van der Waals surface area contributed by atoms with Gasteiger partial charge in [-0.2, -0.15) is 4.98 Å². The second kappa shape index (κ2) is 12.5. The molecule has 4 N–H and O–H groups in total. The summed E-state index contributed by atoms with van der Waals surface area (Å²) >= 11 is 6.36. The highest BCUT2D eigenvalue weighted by molar-refractivity contribution is 7.92. The zero-order valence-corrected chi connectivity index (χ0v) is 24.1. The van der Waals surface area contributed by atoms with Gasteiger partial charge in [-0.15, -0.1) is 0 Å². The van der Waals surface area contributed by atoms with Crippen LogP contribution in [0.25, 0.3) is 0 Å². The van der Waals surface area contributed by atoms with Crippen molar-refractivity contribution in [1.29, 1.82) is 0 Å². The Bertz CT molecular complexity index is 1430. The van der Waals surface area contributed by atoms with Gasteiger partial charge in [0.2, 0.25) is 16.0 Å². The molecule has 11 nitrogen and oxygen atoms in total. The maximum atomic E-state index is 11.8. The number of aromatic nitrogens is 2. The molecule has 0 spiro atoms. The summed E-state index contributed by atoms with van der Waals surface area (Å²) in [7, 11) is -1.84. The minimum absolute atomic E-state index is 0.278. The van der Waals surface area contributed by atoms with E-state index in [0.717, 1.165) is 57.6 Å². The van der Waals surface area contributed by atoms with Gasteiger partial charge in [0.1, 0.15) is 10.8 Å². The summed E-state index contributed by atoms with van der Waals surface area (Å²) in [6.45, 7) is 4.59. The van der Waals surface area contributed by atoms with E-state index in [0.29, 0.717) is 46.6 Å². The maximum absolute atomic E-state index is 11.8. The Balaban J connectivity index is 1.28. The highest BCUT2D eigenvalue weighted by Crippen LogP contribution is 2.35. The number of anilines is 6. The van der Waals surface area contributed by atoms with Crippen molar-refractivity contribution in [2.45, 2.75) is 18.9 Å². The van der Waals surface area contributed by atoms with Gasteiger partial charge in [0, 0.05) is 37.9 Å². The average molecular weight is 588 g/mol. The molecular weight excluding hydrogens is 554 g/mol. The number of ether oxygens (including phenoxy) is 2. The summed E-state index contributed by atoms with van der Waals surface area (Å²) in [5.74, 6) is 1.85. The van der Waals surface area contributed by atoms with Crippen molar-refractivity contribution in [1.82, 2.24) is 15.3 Å². The second-order valence-electron chi connectivity index (χ2n) is 9.88. The molecule has 13 heteroatoms. The van der Waals surface area contributed by atoms with Crippen molar-refractivity contribution in [3.05, 3.63) is 53.7 Å². The van der Waals surface area contributed by atoms with Crippen molar-refractivity contribution >= 4 is 56.1 Å². The molecule has 3 heterocycles. The molecule has 1 aromatic heterocycles. The van der Waals surface area contributed by atoms with E-state index in [1.54, 1.807) is 31.4 Å². The van der Waals surface area contributed by atoms with Crippen molar-refractivity contribution in [2.24, 2.45) is 5.92 Å². The fraction of sp³-hybridized carbons (Fsp3) is 0.407. The van der Waals surface area contributed by atoms with E-state index >= 15 is 0 Å². The number of halogens is 1. The van der Waals surface area contributed by atoms with E-state index < -0.39 is 10.0 Å². The molecule has 40 heavy (non-hydrogen) atoms. The molecule has 5 rings (SSSR count). The second-order valence-corrected chi connectivity index (χ2v) is 12.0. The lowest BCUT2D eigenvalue weighted by molar-refractivity contribution is -0.0155. The van der Waals surface area contributed by atoms with Gasteiger partial charge in [0.25, 0.3) is 0 Å². The highest BCUT2D eigenvalue weighted by atomic mass is 35.5. The average Bonchev–Trinajstić information content (AvgIpc) is 2.96.